The van der Waals surface area contributed by atoms with E-state index in [0.717, 1.165) is 5.57 Å². The van der Waals surface area contributed by atoms with Crippen molar-refractivity contribution in [2.75, 3.05) is 0 Å². The second-order valence-electron chi connectivity index (χ2n) is 4.67. The van der Waals surface area contributed by atoms with Gasteiger partial charge in [0, 0.05) is 5.41 Å². The predicted octanol–water partition coefficient (Wildman–Crippen LogP) is 3.69. The molecule has 0 radical (unpaired) electrons. The van der Waals surface area contributed by atoms with Gasteiger partial charge in [-0.1, -0.05) is 38.2 Å². The molecular weight excluding hydrogens is 158 g/mol. The maximum atomic E-state index is 8.81. The van der Waals surface area contributed by atoms with E-state index >= 15 is 0 Å². The van der Waals surface area contributed by atoms with Crippen LogP contribution in [0.2, 0.25) is 0 Å². The van der Waals surface area contributed by atoms with E-state index in [9.17, 15) is 0 Å². The zero-order chi connectivity index (χ0) is 10.7. The van der Waals surface area contributed by atoms with Crippen LogP contribution in [0.25, 0.3) is 0 Å². The first-order valence-electron chi connectivity index (χ1n) is 4.49. The molecule has 0 heterocycles. The van der Waals surface area contributed by atoms with Crippen molar-refractivity contribution < 1.29 is 0 Å². The van der Waals surface area contributed by atoms with Crippen molar-refractivity contribution in [3.63, 3.8) is 0 Å². The van der Waals surface area contributed by atoms with Gasteiger partial charge in [0.2, 0.25) is 0 Å². The number of rotatable bonds is 3. The maximum Gasteiger partial charge on any atom is 0.0725 e. The van der Waals surface area contributed by atoms with Gasteiger partial charge in [-0.05, 0) is 20.8 Å². The molecule has 0 aliphatic carbocycles. The summed E-state index contributed by atoms with van der Waals surface area (Å²) in [4.78, 5) is 0. The van der Waals surface area contributed by atoms with Gasteiger partial charge in [0.25, 0.3) is 0 Å². The Hall–Kier alpha value is -1.03. The second-order valence-corrected chi connectivity index (χ2v) is 4.67. The predicted molar refractivity (Wildman–Crippen MR) is 57.1 cm³/mol. The molecule has 0 spiro atoms. The van der Waals surface area contributed by atoms with Crippen molar-refractivity contribution in [2.45, 2.75) is 34.6 Å². The average molecular weight is 177 g/mol. The quantitative estimate of drug-likeness (QED) is 0.603. The molecule has 0 N–H and O–H groups in total. The van der Waals surface area contributed by atoms with Crippen LogP contribution >= 0.6 is 0 Å². The summed E-state index contributed by atoms with van der Waals surface area (Å²) in [5, 5.41) is 8.81. The number of nitriles is 1. The Balaban J connectivity index is 4.64. The lowest BCUT2D eigenvalue weighted by atomic mass is 9.83. The smallest absolute Gasteiger partial charge is 0.0725 e. The Labute approximate surface area is 81.8 Å². The normalized spacial score (nSPS) is 12.9. The van der Waals surface area contributed by atoms with E-state index < -0.39 is 0 Å². The van der Waals surface area contributed by atoms with Gasteiger partial charge < -0.3 is 0 Å². The maximum absolute atomic E-state index is 8.81. The van der Waals surface area contributed by atoms with Gasteiger partial charge in [-0.2, -0.15) is 5.26 Å². The molecule has 1 nitrogen and oxygen atoms in total. The van der Waals surface area contributed by atoms with Gasteiger partial charge in [0.05, 0.1) is 11.5 Å². The molecule has 0 amide bonds. The van der Waals surface area contributed by atoms with Crippen molar-refractivity contribution in [3.8, 4) is 6.07 Å². The molecule has 72 valence electrons. The van der Waals surface area contributed by atoms with Gasteiger partial charge in [-0.15, -0.1) is 0 Å². The molecule has 0 rings (SSSR count). The highest BCUT2D eigenvalue weighted by atomic mass is 14.3. The van der Waals surface area contributed by atoms with Crippen molar-refractivity contribution in [2.24, 2.45) is 10.8 Å². The average Bonchev–Trinajstić information content (AvgIpc) is 2.01. The minimum atomic E-state index is -0.382. The van der Waals surface area contributed by atoms with Crippen LogP contribution < -0.4 is 0 Å². The molecule has 0 aromatic heterocycles. The number of allylic oxidation sites excluding steroid dienone is 3. The Kier molecular flexibility index (Phi) is 3.49. The molecule has 0 saturated heterocycles. The Morgan fingerprint density at radius 3 is 2.00 bits per heavy atom. The van der Waals surface area contributed by atoms with Gasteiger partial charge in [0.1, 0.15) is 0 Å². The third kappa shape index (κ3) is 3.94. The monoisotopic (exact) mass is 177 g/mol. The van der Waals surface area contributed by atoms with Crippen LogP contribution in [0.5, 0.6) is 0 Å². The lowest BCUT2D eigenvalue weighted by Crippen LogP contribution is -2.11. The fraction of sp³-hybridized carbons (Fsp3) is 0.583. The molecular formula is C12H19N. The SMILES string of the molecule is C=C(C)C(C)(C)/C=C/C(C)(C)C#N. The first-order chi connectivity index (χ1) is 5.71. The molecule has 0 atom stereocenters. The summed E-state index contributed by atoms with van der Waals surface area (Å²) in [5.74, 6) is 0. The molecule has 0 aliphatic rings. The summed E-state index contributed by atoms with van der Waals surface area (Å²) in [7, 11) is 0. The minimum Gasteiger partial charge on any atom is -0.197 e. The van der Waals surface area contributed by atoms with E-state index in [-0.39, 0.29) is 10.8 Å². The van der Waals surface area contributed by atoms with E-state index in [1.165, 1.54) is 0 Å². The fourth-order valence-electron chi connectivity index (χ4n) is 0.596. The van der Waals surface area contributed by atoms with Crippen LogP contribution in [0.4, 0.5) is 0 Å². The molecule has 0 fully saturated rings. The molecule has 0 aromatic carbocycles. The molecule has 0 aromatic rings. The summed E-state index contributed by atoms with van der Waals surface area (Å²) < 4.78 is 0. The van der Waals surface area contributed by atoms with Crippen LogP contribution in [0.3, 0.4) is 0 Å². The molecule has 1 heteroatoms. The Morgan fingerprint density at radius 1 is 1.23 bits per heavy atom. The van der Waals surface area contributed by atoms with E-state index in [2.05, 4.69) is 32.6 Å². The van der Waals surface area contributed by atoms with E-state index in [1.807, 2.05) is 26.8 Å². The molecule has 0 bridgehead atoms. The number of nitrogens with zero attached hydrogens (tertiary/aromatic N) is 1. The van der Waals surface area contributed by atoms with Gasteiger partial charge in [-0.3, -0.25) is 0 Å². The fourth-order valence-corrected chi connectivity index (χ4v) is 0.596. The highest BCUT2D eigenvalue weighted by Crippen LogP contribution is 2.28. The summed E-state index contributed by atoms with van der Waals surface area (Å²) in [6.45, 7) is 13.9. The van der Waals surface area contributed by atoms with Gasteiger partial charge in [0.15, 0.2) is 0 Å². The van der Waals surface area contributed by atoms with Crippen molar-refractivity contribution in [1.29, 1.82) is 5.26 Å². The lowest BCUT2D eigenvalue weighted by molar-refractivity contribution is 0.560. The van der Waals surface area contributed by atoms with Crippen LogP contribution in [0.15, 0.2) is 24.3 Å². The highest BCUT2D eigenvalue weighted by Gasteiger charge is 2.18. The molecule has 0 saturated carbocycles. The number of hydrogen-bond donors (Lipinski definition) is 0. The van der Waals surface area contributed by atoms with E-state index in [4.69, 9.17) is 5.26 Å². The number of hydrogen-bond acceptors (Lipinski definition) is 1. The third-order valence-electron chi connectivity index (χ3n) is 2.30. The van der Waals surface area contributed by atoms with Crippen LogP contribution in [0, 0.1) is 22.2 Å². The zero-order valence-electron chi connectivity index (χ0n) is 9.31. The van der Waals surface area contributed by atoms with Gasteiger partial charge in [-0.25, -0.2) is 0 Å². The first kappa shape index (κ1) is 12.0. The Morgan fingerprint density at radius 2 is 1.69 bits per heavy atom. The van der Waals surface area contributed by atoms with Gasteiger partial charge >= 0.3 is 0 Å². The van der Waals surface area contributed by atoms with Crippen LogP contribution in [-0.4, -0.2) is 0 Å². The second kappa shape index (κ2) is 3.79. The van der Waals surface area contributed by atoms with Crippen LogP contribution in [0.1, 0.15) is 34.6 Å². The zero-order valence-corrected chi connectivity index (χ0v) is 9.31. The summed E-state index contributed by atoms with van der Waals surface area (Å²) in [6, 6.07) is 2.24. The largest absolute Gasteiger partial charge is 0.197 e. The first-order valence-corrected chi connectivity index (χ1v) is 4.49. The standard InChI is InChI=1S/C12H19N/c1-10(2)12(5,6)8-7-11(3,4)9-13/h7-8H,1H2,2-6H3/b8-7+. The van der Waals surface area contributed by atoms with Crippen molar-refractivity contribution in [1.82, 2.24) is 0 Å². The van der Waals surface area contributed by atoms with Crippen LogP contribution in [-0.2, 0) is 0 Å². The van der Waals surface area contributed by atoms with Crippen molar-refractivity contribution in [3.05, 3.63) is 24.3 Å². The lowest BCUT2D eigenvalue weighted by Gasteiger charge is -2.22. The summed E-state index contributed by atoms with van der Waals surface area (Å²) >= 11 is 0. The minimum absolute atomic E-state index is 0.0197. The Bertz CT molecular complexity index is 261. The van der Waals surface area contributed by atoms with E-state index in [1.54, 1.807) is 0 Å². The summed E-state index contributed by atoms with van der Waals surface area (Å²) in [5.41, 5.74) is 0.707. The molecule has 13 heavy (non-hydrogen) atoms. The topological polar surface area (TPSA) is 23.8 Å². The van der Waals surface area contributed by atoms with Crippen molar-refractivity contribution >= 4 is 0 Å². The third-order valence-corrected chi connectivity index (χ3v) is 2.30. The summed E-state index contributed by atoms with van der Waals surface area (Å²) in [6.07, 6.45) is 4.00. The van der Waals surface area contributed by atoms with E-state index in [0.29, 0.717) is 0 Å². The highest BCUT2D eigenvalue weighted by molar-refractivity contribution is 5.18. The molecule has 0 aliphatic heterocycles. The molecule has 0 unspecified atom stereocenters.